The summed E-state index contributed by atoms with van der Waals surface area (Å²) in [5.74, 6) is 0. The average Bonchev–Trinajstić information content (AvgIpc) is 2.82. The van der Waals surface area contributed by atoms with E-state index in [4.69, 9.17) is 0 Å². The van der Waals surface area contributed by atoms with Crippen LogP contribution in [-0.2, 0) is 17.9 Å². The number of rotatable bonds is 4. The van der Waals surface area contributed by atoms with Gasteiger partial charge in [0.05, 0.1) is 5.52 Å². The van der Waals surface area contributed by atoms with Crippen molar-refractivity contribution in [2.24, 2.45) is 5.41 Å². The van der Waals surface area contributed by atoms with E-state index in [1.165, 1.54) is 0 Å². The summed E-state index contributed by atoms with van der Waals surface area (Å²) >= 11 is 1.62. The third-order valence-corrected chi connectivity index (χ3v) is 6.74. The maximum Gasteiger partial charge on any atom is 0.412 e. The van der Waals surface area contributed by atoms with E-state index in [-0.39, 0.29) is 11.0 Å². The summed E-state index contributed by atoms with van der Waals surface area (Å²) in [6, 6.07) is 1.44. The molecule has 3 nitrogen and oxygen atoms in total. The van der Waals surface area contributed by atoms with Gasteiger partial charge < -0.3 is 9.12 Å². The van der Waals surface area contributed by atoms with Crippen LogP contribution in [0.4, 0.5) is 13.2 Å². The number of aromatic nitrogens is 1. The van der Waals surface area contributed by atoms with Crippen LogP contribution in [0.5, 0.6) is 0 Å². The third-order valence-electron chi connectivity index (χ3n) is 4.32. The van der Waals surface area contributed by atoms with E-state index in [2.05, 4.69) is 20.7 Å². The molecule has 0 aliphatic heterocycles. The smallest absolute Gasteiger partial charge is 0.412 e. The molecule has 0 radical (unpaired) electrons. The number of benzene rings is 1. The number of hydrogen-bond donors (Lipinski definition) is 1. The van der Waals surface area contributed by atoms with Crippen molar-refractivity contribution in [2.75, 3.05) is 0 Å². The number of nitrogens with zero attached hydrogens (tertiary/aromatic N) is 1. The van der Waals surface area contributed by atoms with Crippen LogP contribution in [-0.4, -0.2) is 20.0 Å². The fourth-order valence-electron chi connectivity index (χ4n) is 3.04. The van der Waals surface area contributed by atoms with Gasteiger partial charge in [0.15, 0.2) is 6.04 Å². The predicted octanol–water partition coefficient (Wildman–Crippen LogP) is 6.41. The highest BCUT2D eigenvalue weighted by Crippen LogP contribution is 2.41. The summed E-state index contributed by atoms with van der Waals surface area (Å²) in [5.41, 5.74) is 1.62. The molecule has 2 atom stereocenters. The standard InChI is InChI=1S/C20H28BrF3N2OS/c1-12-15(21)9-8-13-14(10-26(16(12)13)11-18(2,3)4)17(20(22,23)24)25-28(27)19(5,6)7/h8-10,17,25H,11H2,1-7H3/t17-,28?/m0/s1. The van der Waals surface area contributed by atoms with Crippen LogP contribution >= 0.6 is 15.9 Å². The Morgan fingerprint density at radius 3 is 2.18 bits per heavy atom. The Bertz CT molecular complexity index is 850. The minimum atomic E-state index is -4.58. The lowest BCUT2D eigenvalue weighted by Crippen LogP contribution is -2.45. The van der Waals surface area contributed by atoms with E-state index < -0.39 is 28.3 Å². The molecule has 1 heterocycles. The number of fused-ring (bicyclic) bond motifs is 1. The lowest BCUT2D eigenvalue weighted by atomic mass is 9.97. The Balaban J connectivity index is 2.70. The lowest BCUT2D eigenvalue weighted by Gasteiger charge is -2.29. The first kappa shape index (κ1) is 23.6. The van der Waals surface area contributed by atoms with Crippen LogP contribution in [0.1, 0.15) is 58.7 Å². The normalized spacial score (nSPS) is 15.9. The molecule has 1 aromatic heterocycles. The van der Waals surface area contributed by atoms with Crippen molar-refractivity contribution < 1.29 is 17.7 Å². The molecule has 0 saturated carbocycles. The summed E-state index contributed by atoms with van der Waals surface area (Å²) in [4.78, 5) is 0. The quantitative estimate of drug-likeness (QED) is 0.513. The second-order valence-electron chi connectivity index (χ2n) is 9.32. The van der Waals surface area contributed by atoms with Crippen molar-refractivity contribution in [2.45, 2.75) is 72.0 Å². The third kappa shape index (κ3) is 5.26. The van der Waals surface area contributed by atoms with Gasteiger partial charge in [0.2, 0.25) is 0 Å². The zero-order valence-corrected chi connectivity index (χ0v) is 19.7. The first-order valence-corrected chi connectivity index (χ1v) is 11.0. The van der Waals surface area contributed by atoms with Gasteiger partial charge in [-0.15, -0.1) is 4.72 Å². The van der Waals surface area contributed by atoms with E-state index in [9.17, 15) is 17.7 Å². The van der Waals surface area contributed by atoms with E-state index in [1.54, 1.807) is 39.1 Å². The van der Waals surface area contributed by atoms with E-state index in [1.807, 2.05) is 32.3 Å². The molecule has 0 saturated heterocycles. The number of nitrogens with one attached hydrogen (secondary N) is 1. The molecule has 8 heteroatoms. The molecule has 0 bridgehead atoms. The molecular formula is C20H28BrF3N2OS. The molecule has 0 aliphatic rings. The van der Waals surface area contributed by atoms with Crippen LogP contribution in [0.25, 0.3) is 10.9 Å². The maximum atomic E-state index is 14.0. The zero-order chi connectivity index (χ0) is 21.7. The molecule has 0 aliphatic carbocycles. The number of aryl methyl sites for hydroxylation is 1. The van der Waals surface area contributed by atoms with Crippen LogP contribution in [0.2, 0.25) is 0 Å². The van der Waals surface area contributed by atoms with Gasteiger partial charge in [-0.2, -0.15) is 13.2 Å². The summed E-state index contributed by atoms with van der Waals surface area (Å²) < 4.78 is 58.7. The predicted molar refractivity (Wildman–Crippen MR) is 114 cm³/mol. The van der Waals surface area contributed by atoms with Crippen LogP contribution in [0, 0.1) is 12.3 Å². The molecule has 1 N–H and O–H groups in total. The molecule has 2 rings (SSSR count). The highest BCUT2D eigenvalue weighted by atomic mass is 79.9. The van der Waals surface area contributed by atoms with Crippen molar-refractivity contribution in [3.8, 4) is 0 Å². The van der Waals surface area contributed by atoms with Gasteiger partial charge in [-0.25, -0.2) is 0 Å². The largest absolute Gasteiger partial charge is 0.598 e. The maximum absolute atomic E-state index is 14.0. The van der Waals surface area contributed by atoms with Gasteiger partial charge in [0.25, 0.3) is 0 Å². The van der Waals surface area contributed by atoms with Crippen molar-refractivity contribution in [1.82, 2.24) is 9.29 Å². The topological polar surface area (TPSA) is 40.0 Å². The van der Waals surface area contributed by atoms with Crippen LogP contribution < -0.4 is 4.72 Å². The van der Waals surface area contributed by atoms with Gasteiger partial charge >= 0.3 is 6.18 Å². The minimum Gasteiger partial charge on any atom is -0.598 e. The van der Waals surface area contributed by atoms with Crippen molar-refractivity contribution in [3.05, 3.63) is 33.9 Å². The van der Waals surface area contributed by atoms with E-state index >= 15 is 0 Å². The van der Waals surface area contributed by atoms with Gasteiger partial charge in [-0.1, -0.05) is 42.8 Å². The van der Waals surface area contributed by atoms with Gasteiger partial charge in [-0.05, 0) is 44.7 Å². The fraction of sp³-hybridized carbons (Fsp3) is 0.600. The number of hydrogen-bond acceptors (Lipinski definition) is 2. The lowest BCUT2D eigenvalue weighted by molar-refractivity contribution is -0.152. The summed E-state index contributed by atoms with van der Waals surface area (Å²) in [6.45, 7) is 13.5. The Labute approximate surface area is 176 Å². The first-order valence-electron chi connectivity index (χ1n) is 9.05. The Hall–Kier alpha value is -0.700. The molecule has 0 spiro atoms. The molecule has 158 valence electrons. The second-order valence-corrected chi connectivity index (χ2v) is 12.2. The summed E-state index contributed by atoms with van der Waals surface area (Å²) in [5, 5.41) is 0.519. The second kappa shape index (κ2) is 7.85. The molecule has 1 aromatic carbocycles. The van der Waals surface area contributed by atoms with Crippen LogP contribution in [0.3, 0.4) is 0 Å². The Kier molecular flexibility index (Phi) is 6.61. The van der Waals surface area contributed by atoms with Crippen LogP contribution in [0.15, 0.2) is 22.8 Å². The summed E-state index contributed by atoms with van der Waals surface area (Å²) in [7, 11) is 0. The summed E-state index contributed by atoms with van der Waals surface area (Å²) in [6.07, 6.45) is -3.02. The molecule has 0 amide bonds. The monoisotopic (exact) mass is 480 g/mol. The number of halogens is 4. The SMILES string of the molecule is Cc1c(Br)ccc2c([C@H](N[S+]([O-])C(C)(C)C)C(F)(F)F)cn(CC(C)(C)C)c12. The van der Waals surface area contributed by atoms with Gasteiger partial charge in [0, 0.05) is 39.5 Å². The highest BCUT2D eigenvalue weighted by Gasteiger charge is 2.47. The van der Waals surface area contributed by atoms with E-state index in [0.29, 0.717) is 11.9 Å². The highest BCUT2D eigenvalue weighted by molar-refractivity contribution is 9.10. The van der Waals surface area contributed by atoms with E-state index in [0.717, 1.165) is 15.6 Å². The Morgan fingerprint density at radius 2 is 1.71 bits per heavy atom. The molecule has 0 fully saturated rings. The van der Waals surface area contributed by atoms with Crippen molar-refractivity contribution in [3.63, 3.8) is 0 Å². The number of alkyl halides is 3. The molecule has 28 heavy (non-hydrogen) atoms. The minimum absolute atomic E-state index is 0.0972. The molecule has 2 aromatic rings. The first-order chi connectivity index (χ1) is 12.5. The fourth-order valence-corrected chi connectivity index (χ4v) is 4.18. The van der Waals surface area contributed by atoms with Crippen molar-refractivity contribution in [1.29, 1.82) is 0 Å². The zero-order valence-electron chi connectivity index (χ0n) is 17.3. The molecular weight excluding hydrogens is 453 g/mol. The average molecular weight is 481 g/mol. The Morgan fingerprint density at radius 1 is 1.14 bits per heavy atom. The molecule has 1 unspecified atom stereocenters. The van der Waals surface area contributed by atoms with Gasteiger partial charge in [0.1, 0.15) is 4.75 Å². The van der Waals surface area contributed by atoms with Gasteiger partial charge in [-0.3, -0.25) is 0 Å². The van der Waals surface area contributed by atoms with Crippen molar-refractivity contribution >= 4 is 38.2 Å².